The topological polar surface area (TPSA) is 87.5 Å². The minimum atomic E-state index is -0.180. The number of imidazole rings is 1. The van der Waals surface area contributed by atoms with Crippen LogP contribution in [0, 0.1) is 0 Å². The van der Waals surface area contributed by atoms with Crippen LogP contribution in [0.25, 0.3) is 27.7 Å². The molecule has 29 heavy (non-hydrogen) atoms. The highest BCUT2D eigenvalue weighted by Crippen LogP contribution is 2.26. The van der Waals surface area contributed by atoms with E-state index in [4.69, 9.17) is 9.97 Å². The van der Waals surface area contributed by atoms with Crippen molar-refractivity contribution in [2.45, 2.75) is 25.9 Å². The van der Waals surface area contributed by atoms with Gasteiger partial charge in [0.2, 0.25) is 5.95 Å². The van der Waals surface area contributed by atoms with Gasteiger partial charge in [-0.1, -0.05) is 12.1 Å². The molecule has 2 N–H and O–H groups in total. The summed E-state index contributed by atoms with van der Waals surface area (Å²) in [4.78, 5) is 29.0. The Hall–Kier alpha value is -3.26. The number of pyridine rings is 1. The van der Waals surface area contributed by atoms with E-state index in [1.807, 2.05) is 34.7 Å². The molecule has 3 aromatic heterocycles. The van der Waals surface area contributed by atoms with Crippen LogP contribution in [0.3, 0.4) is 0 Å². The van der Waals surface area contributed by atoms with Crippen LogP contribution < -0.4 is 15.5 Å². The number of anilines is 1. The lowest BCUT2D eigenvalue weighted by Gasteiger charge is -2.36. The number of hydrogen-bond donors (Lipinski definition) is 2. The quantitative estimate of drug-likeness (QED) is 0.545. The normalized spacial score (nSPS) is 19.9. The molecule has 1 aliphatic heterocycles. The Morgan fingerprint density at radius 3 is 2.66 bits per heavy atom. The van der Waals surface area contributed by atoms with Gasteiger partial charge in [0.05, 0.1) is 16.6 Å². The summed E-state index contributed by atoms with van der Waals surface area (Å²) >= 11 is 0. The summed E-state index contributed by atoms with van der Waals surface area (Å²) in [5.41, 5.74) is 3.62. The largest absolute Gasteiger partial charge is 0.355 e. The van der Waals surface area contributed by atoms with Crippen molar-refractivity contribution in [3.63, 3.8) is 0 Å². The van der Waals surface area contributed by atoms with E-state index in [2.05, 4.69) is 34.4 Å². The maximum absolute atomic E-state index is 12.5. The van der Waals surface area contributed by atoms with E-state index >= 15 is 0 Å². The standard InChI is InChI=1S/C21H23N7O/c1-12-10-27(11-13(2)24-12)21-23-9-14-8-15(20(29)22-3)19-25-16-6-4-5-7-17(16)28(19)18(14)26-21/h4-9,12-13,24H,10-11H2,1-3H3,(H,22,29)/t12-,13+. The van der Waals surface area contributed by atoms with E-state index in [0.29, 0.717) is 29.2 Å². The number of piperazine rings is 1. The molecule has 5 rings (SSSR count). The minimum absolute atomic E-state index is 0.180. The number of fused-ring (bicyclic) bond motifs is 5. The highest BCUT2D eigenvalue weighted by atomic mass is 16.1. The maximum atomic E-state index is 12.5. The number of benzene rings is 1. The monoisotopic (exact) mass is 389 g/mol. The fourth-order valence-electron chi connectivity index (χ4n) is 4.24. The number of rotatable bonds is 2. The molecule has 8 heteroatoms. The molecule has 4 aromatic rings. The summed E-state index contributed by atoms with van der Waals surface area (Å²) in [6, 6.07) is 10.4. The Kier molecular flexibility index (Phi) is 4.09. The molecule has 2 atom stereocenters. The minimum Gasteiger partial charge on any atom is -0.355 e. The molecule has 0 bridgehead atoms. The van der Waals surface area contributed by atoms with Crippen LogP contribution in [0.4, 0.5) is 5.95 Å². The number of aromatic nitrogens is 4. The maximum Gasteiger partial charge on any atom is 0.254 e. The van der Waals surface area contributed by atoms with Gasteiger partial charge in [-0.3, -0.25) is 9.20 Å². The van der Waals surface area contributed by atoms with Crippen LogP contribution in [0.5, 0.6) is 0 Å². The average molecular weight is 389 g/mol. The van der Waals surface area contributed by atoms with E-state index in [0.717, 1.165) is 35.2 Å². The molecule has 4 heterocycles. The zero-order valence-electron chi connectivity index (χ0n) is 16.7. The van der Waals surface area contributed by atoms with Gasteiger partial charge in [-0.15, -0.1) is 0 Å². The second-order valence-electron chi connectivity index (χ2n) is 7.72. The molecule has 1 aromatic carbocycles. The van der Waals surface area contributed by atoms with Crippen LogP contribution in [0.2, 0.25) is 0 Å². The number of hydrogen-bond acceptors (Lipinski definition) is 6. The van der Waals surface area contributed by atoms with Gasteiger partial charge in [0.1, 0.15) is 0 Å². The predicted molar refractivity (Wildman–Crippen MR) is 113 cm³/mol. The molecule has 0 aliphatic carbocycles. The number of para-hydroxylation sites is 2. The summed E-state index contributed by atoms with van der Waals surface area (Å²) < 4.78 is 1.97. The lowest BCUT2D eigenvalue weighted by Crippen LogP contribution is -2.54. The fraction of sp³-hybridized carbons (Fsp3) is 0.333. The second-order valence-corrected chi connectivity index (χ2v) is 7.72. The molecule has 0 radical (unpaired) electrons. The number of carbonyl (C=O) groups is 1. The molecule has 0 unspecified atom stereocenters. The summed E-state index contributed by atoms with van der Waals surface area (Å²) in [5.74, 6) is 0.519. The zero-order valence-corrected chi connectivity index (χ0v) is 16.7. The number of nitrogens with zero attached hydrogens (tertiary/aromatic N) is 5. The van der Waals surface area contributed by atoms with Crippen LogP contribution in [-0.4, -0.2) is 57.5 Å². The molecule has 1 saturated heterocycles. The summed E-state index contributed by atoms with van der Waals surface area (Å²) in [6.07, 6.45) is 1.80. The lowest BCUT2D eigenvalue weighted by molar-refractivity contribution is 0.0964. The average Bonchev–Trinajstić information content (AvgIpc) is 3.11. The lowest BCUT2D eigenvalue weighted by atomic mass is 10.1. The fourth-order valence-corrected chi connectivity index (χ4v) is 4.24. The first-order valence-electron chi connectivity index (χ1n) is 9.85. The Morgan fingerprint density at radius 2 is 1.90 bits per heavy atom. The predicted octanol–water partition coefficient (Wildman–Crippen LogP) is 1.98. The van der Waals surface area contributed by atoms with Gasteiger partial charge >= 0.3 is 0 Å². The van der Waals surface area contributed by atoms with Crippen molar-refractivity contribution in [2.24, 2.45) is 0 Å². The third-order valence-electron chi connectivity index (χ3n) is 5.41. The van der Waals surface area contributed by atoms with Gasteiger partial charge in [-0.2, -0.15) is 4.98 Å². The van der Waals surface area contributed by atoms with E-state index in [9.17, 15) is 4.79 Å². The van der Waals surface area contributed by atoms with Gasteiger partial charge in [0.15, 0.2) is 11.3 Å². The van der Waals surface area contributed by atoms with Crippen LogP contribution in [0.1, 0.15) is 24.2 Å². The summed E-state index contributed by atoms with van der Waals surface area (Å²) in [6.45, 7) is 6.03. The first-order valence-corrected chi connectivity index (χ1v) is 9.85. The van der Waals surface area contributed by atoms with Gasteiger partial charge < -0.3 is 15.5 Å². The first-order chi connectivity index (χ1) is 14.0. The number of amides is 1. The first kappa shape index (κ1) is 17.8. The molecule has 1 fully saturated rings. The summed E-state index contributed by atoms with van der Waals surface area (Å²) in [7, 11) is 1.62. The SMILES string of the molecule is CNC(=O)c1cc2cnc(N3C[C@@H](C)N[C@@H](C)C3)nc2n2c1nc1ccccc12. The number of carbonyl (C=O) groups excluding carboxylic acids is 1. The van der Waals surface area contributed by atoms with Crippen molar-refractivity contribution in [1.82, 2.24) is 30.0 Å². The van der Waals surface area contributed by atoms with Crippen molar-refractivity contribution in [3.8, 4) is 0 Å². The van der Waals surface area contributed by atoms with E-state index in [1.54, 1.807) is 13.2 Å². The van der Waals surface area contributed by atoms with E-state index < -0.39 is 0 Å². The summed E-state index contributed by atoms with van der Waals surface area (Å²) in [5, 5.41) is 7.05. The molecule has 8 nitrogen and oxygen atoms in total. The van der Waals surface area contributed by atoms with Gasteiger partial charge in [0.25, 0.3) is 5.91 Å². The molecule has 0 saturated carbocycles. The van der Waals surface area contributed by atoms with Crippen molar-refractivity contribution in [1.29, 1.82) is 0 Å². The van der Waals surface area contributed by atoms with Crippen molar-refractivity contribution in [3.05, 3.63) is 42.1 Å². The Labute approximate surface area is 168 Å². The number of nitrogens with one attached hydrogen (secondary N) is 2. The van der Waals surface area contributed by atoms with Crippen molar-refractivity contribution >= 4 is 39.6 Å². The Bertz CT molecular complexity index is 1240. The molecule has 0 spiro atoms. The molecule has 1 amide bonds. The second kappa shape index (κ2) is 6.66. The molecular weight excluding hydrogens is 366 g/mol. The van der Waals surface area contributed by atoms with E-state index in [1.165, 1.54) is 0 Å². The highest BCUT2D eigenvalue weighted by molar-refractivity contribution is 6.05. The Morgan fingerprint density at radius 1 is 1.14 bits per heavy atom. The molecule has 1 aliphatic rings. The third-order valence-corrected chi connectivity index (χ3v) is 5.41. The van der Waals surface area contributed by atoms with Crippen LogP contribution in [0.15, 0.2) is 36.5 Å². The zero-order chi connectivity index (χ0) is 20.1. The smallest absolute Gasteiger partial charge is 0.254 e. The molecule has 148 valence electrons. The van der Waals surface area contributed by atoms with Crippen LogP contribution in [-0.2, 0) is 0 Å². The highest BCUT2D eigenvalue weighted by Gasteiger charge is 2.24. The van der Waals surface area contributed by atoms with Gasteiger partial charge in [-0.25, -0.2) is 9.97 Å². The Balaban J connectivity index is 1.79. The van der Waals surface area contributed by atoms with E-state index in [-0.39, 0.29) is 5.91 Å². The van der Waals surface area contributed by atoms with Crippen molar-refractivity contribution < 1.29 is 4.79 Å². The molecular formula is C21H23N7O. The third kappa shape index (κ3) is 2.87. The van der Waals surface area contributed by atoms with Gasteiger partial charge in [0, 0.05) is 43.8 Å². The van der Waals surface area contributed by atoms with Gasteiger partial charge in [-0.05, 0) is 32.0 Å². The van der Waals surface area contributed by atoms with Crippen molar-refractivity contribution in [2.75, 3.05) is 25.0 Å². The van der Waals surface area contributed by atoms with Crippen LogP contribution >= 0.6 is 0 Å².